The average molecular weight is 394 g/mol. The van der Waals surface area contributed by atoms with Crippen LogP contribution >= 0.6 is 11.6 Å². The Labute approximate surface area is 158 Å². The number of piperazine rings is 1. The van der Waals surface area contributed by atoms with Gasteiger partial charge in [0.2, 0.25) is 15.9 Å². The molecule has 0 unspecified atom stereocenters. The van der Waals surface area contributed by atoms with Crippen molar-refractivity contribution in [3.8, 4) is 0 Å². The number of benzene rings is 2. The average Bonchev–Trinajstić information content (AvgIpc) is 2.64. The van der Waals surface area contributed by atoms with Crippen LogP contribution in [0.1, 0.15) is 6.92 Å². The fourth-order valence-corrected chi connectivity index (χ4v) is 4.66. The fraction of sp³-hybridized carbons (Fsp3) is 0.278. The molecule has 0 aromatic heterocycles. The van der Waals surface area contributed by atoms with E-state index in [-0.39, 0.29) is 15.8 Å². The van der Waals surface area contributed by atoms with Crippen molar-refractivity contribution in [2.45, 2.75) is 11.8 Å². The summed E-state index contributed by atoms with van der Waals surface area (Å²) in [6.45, 7) is 3.43. The number of rotatable bonds is 4. The smallest absolute Gasteiger partial charge is 0.243 e. The molecule has 1 heterocycles. The van der Waals surface area contributed by atoms with Crippen LogP contribution in [0.4, 0.5) is 11.4 Å². The molecule has 1 aliphatic heterocycles. The van der Waals surface area contributed by atoms with Crippen molar-refractivity contribution < 1.29 is 13.2 Å². The summed E-state index contributed by atoms with van der Waals surface area (Å²) in [4.78, 5) is 13.4. The predicted molar refractivity (Wildman–Crippen MR) is 103 cm³/mol. The summed E-state index contributed by atoms with van der Waals surface area (Å²) in [7, 11) is -3.63. The topological polar surface area (TPSA) is 69.7 Å². The largest absolute Gasteiger partial charge is 0.369 e. The standard InChI is InChI=1S/C18H20ClN3O3S/c1-14(23)20-18-8-7-16(13-17(18)19)26(24,25)22-11-9-21(10-12-22)15-5-3-2-4-6-15/h2-8,13H,9-12H2,1H3,(H,20,23). The zero-order valence-electron chi connectivity index (χ0n) is 14.4. The van der Waals surface area contributed by atoms with Crippen molar-refractivity contribution in [2.75, 3.05) is 36.4 Å². The predicted octanol–water partition coefficient (Wildman–Crippen LogP) is 2.81. The maximum absolute atomic E-state index is 12.9. The zero-order valence-corrected chi connectivity index (χ0v) is 15.9. The molecule has 138 valence electrons. The summed E-state index contributed by atoms with van der Waals surface area (Å²) < 4.78 is 27.2. The summed E-state index contributed by atoms with van der Waals surface area (Å²) >= 11 is 6.12. The van der Waals surface area contributed by atoms with Gasteiger partial charge in [-0.05, 0) is 30.3 Å². The number of hydrogen-bond acceptors (Lipinski definition) is 4. The van der Waals surface area contributed by atoms with E-state index >= 15 is 0 Å². The van der Waals surface area contributed by atoms with Gasteiger partial charge in [0, 0.05) is 38.8 Å². The lowest BCUT2D eigenvalue weighted by atomic mass is 10.2. The van der Waals surface area contributed by atoms with Gasteiger partial charge in [0.25, 0.3) is 0 Å². The van der Waals surface area contributed by atoms with Crippen LogP contribution in [-0.2, 0) is 14.8 Å². The van der Waals surface area contributed by atoms with Crippen LogP contribution in [0, 0.1) is 0 Å². The van der Waals surface area contributed by atoms with Gasteiger partial charge in [-0.3, -0.25) is 4.79 Å². The molecule has 2 aromatic rings. The number of carbonyl (C=O) groups is 1. The number of nitrogens with zero attached hydrogens (tertiary/aromatic N) is 2. The van der Waals surface area contributed by atoms with E-state index in [1.165, 1.54) is 29.4 Å². The van der Waals surface area contributed by atoms with Crippen molar-refractivity contribution in [3.05, 3.63) is 53.6 Å². The number of halogens is 1. The van der Waals surface area contributed by atoms with E-state index < -0.39 is 10.0 Å². The molecule has 1 amide bonds. The molecule has 0 spiro atoms. The van der Waals surface area contributed by atoms with E-state index in [1.54, 1.807) is 0 Å². The molecular formula is C18H20ClN3O3S. The number of amides is 1. The third kappa shape index (κ3) is 4.00. The Hall–Kier alpha value is -2.09. The van der Waals surface area contributed by atoms with Crippen molar-refractivity contribution in [1.82, 2.24) is 4.31 Å². The Morgan fingerprint density at radius 3 is 2.27 bits per heavy atom. The highest BCUT2D eigenvalue weighted by Crippen LogP contribution is 2.28. The highest BCUT2D eigenvalue weighted by molar-refractivity contribution is 7.89. The first kappa shape index (κ1) is 18.7. The van der Waals surface area contributed by atoms with Gasteiger partial charge in [-0.1, -0.05) is 29.8 Å². The molecule has 0 atom stereocenters. The van der Waals surface area contributed by atoms with Gasteiger partial charge < -0.3 is 10.2 Å². The first-order valence-electron chi connectivity index (χ1n) is 8.25. The normalized spacial score (nSPS) is 15.7. The van der Waals surface area contributed by atoms with Gasteiger partial charge >= 0.3 is 0 Å². The Morgan fingerprint density at radius 1 is 1.04 bits per heavy atom. The summed E-state index contributed by atoms with van der Waals surface area (Å²) in [6.07, 6.45) is 0. The van der Waals surface area contributed by atoms with Gasteiger partial charge in [0.15, 0.2) is 0 Å². The van der Waals surface area contributed by atoms with Crippen molar-refractivity contribution in [1.29, 1.82) is 0 Å². The minimum absolute atomic E-state index is 0.129. The van der Waals surface area contributed by atoms with Crippen molar-refractivity contribution in [2.24, 2.45) is 0 Å². The van der Waals surface area contributed by atoms with Gasteiger partial charge in [-0.2, -0.15) is 4.31 Å². The number of para-hydroxylation sites is 1. The van der Waals surface area contributed by atoms with E-state index in [2.05, 4.69) is 10.2 Å². The lowest BCUT2D eigenvalue weighted by Crippen LogP contribution is -2.48. The van der Waals surface area contributed by atoms with E-state index in [0.29, 0.717) is 31.9 Å². The van der Waals surface area contributed by atoms with Crippen LogP contribution in [-0.4, -0.2) is 44.8 Å². The highest BCUT2D eigenvalue weighted by Gasteiger charge is 2.29. The summed E-state index contributed by atoms with van der Waals surface area (Å²) in [5, 5.41) is 2.77. The molecule has 0 aliphatic carbocycles. The molecule has 1 saturated heterocycles. The van der Waals surface area contributed by atoms with E-state index in [1.807, 2.05) is 30.3 Å². The zero-order chi connectivity index (χ0) is 18.7. The lowest BCUT2D eigenvalue weighted by Gasteiger charge is -2.35. The molecular weight excluding hydrogens is 374 g/mol. The van der Waals surface area contributed by atoms with Crippen LogP contribution in [0.15, 0.2) is 53.4 Å². The SMILES string of the molecule is CC(=O)Nc1ccc(S(=O)(=O)N2CCN(c3ccccc3)CC2)cc1Cl. The van der Waals surface area contributed by atoms with Crippen molar-refractivity contribution in [3.63, 3.8) is 0 Å². The number of nitrogens with one attached hydrogen (secondary N) is 1. The number of carbonyl (C=O) groups excluding carboxylic acids is 1. The minimum atomic E-state index is -3.63. The lowest BCUT2D eigenvalue weighted by molar-refractivity contribution is -0.114. The molecule has 6 nitrogen and oxygen atoms in total. The Bertz CT molecular complexity index is 895. The second kappa shape index (κ2) is 7.65. The Morgan fingerprint density at radius 2 is 1.69 bits per heavy atom. The highest BCUT2D eigenvalue weighted by atomic mass is 35.5. The molecule has 8 heteroatoms. The van der Waals surface area contributed by atoms with E-state index in [9.17, 15) is 13.2 Å². The maximum atomic E-state index is 12.9. The molecule has 2 aromatic carbocycles. The van der Waals surface area contributed by atoms with Gasteiger partial charge in [-0.25, -0.2) is 8.42 Å². The molecule has 0 bridgehead atoms. The first-order chi connectivity index (χ1) is 12.4. The molecule has 1 N–H and O–H groups in total. The summed E-state index contributed by atoms with van der Waals surface area (Å²) in [5.41, 5.74) is 1.49. The second-order valence-corrected chi connectivity index (χ2v) is 8.39. The molecule has 0 saturated carbocycles. The molecule has 1 aliphatic rings. The van der Waals surface area contributed by atoms with Crippen LogP contribution < -0.4 is 10.2 Å². The van der Waals surface area contributed by atoms with Gasteiger partial charge in [0.1, 0.15) is 0 Å². The number of hydrogen-bond donors (Lipinski definition) is 1. The summed E-state index contributed by atoms with van der Waals surface area (Å²) in [5.74, 6) is -0.264. The maximum Gasteiger partial charge on any atom is 0.243 e. The number of anilines is 2. The first-order valence-corrected chi connectivity index (χ1v) is 10.1. The van der Waals surface area contributed by atoms with Crippen LogP contribution in [0.2, 0.25) is 5.02 Å². The van der Waals surface area contributed by atoms with Crippen LogP contribution in [0.25, 0.3) is 0 Å². The Balaban J connectivity index is 1.73. The quantitative estimate of drug-likeness (QED) is 0.867. The van der Waals surface area contributed by atoms with E-state index in [4.69, 9.17) is 11.6 Å². The van der Waals surface area contributed by atoms with Gasteiger partial charge in [0.05, 0.1) is 15.6 Å². The monoisotopic (exact) mass is 393 g/mol. The van der Waals surface area contributed by atoms with Gasteiger partial charge in [-0.15, -0.1) is 0 Å². The third-order valence-corrected chi connectivity index (χ3v) is 6.46. The molecule has 26 heavy (non-hydrogen) atoms. The molecule has 0 radical (unpaired) electrons. The molecule has 1 fully saturated rings. The van der Waals surface area contributed by atoms with Crippen LogP contribution in [0.5, 0.6) is 0 Å². The minimum Gasteiger partial charge on any atom is -0.369 e. The second-order valence-electron chi connectivity index (χ2n) is 6.05. The summed E-state index contributed by atoms with van der Waals surface area (Å²) in [6, 6.07) is 14.3. The fourth-order valence-electron chi connectivity index (χ4n) is 2.92. The van der Waals surface area contributed by atoms with Crippen molar-refractivity contribution >= 4 is 38.9 Å². The number of sulfonamides is 1. The molecule has 3 rings (SSSR count). The Kier molecular flexibility index (Phi) is 5.50. The third-order valence-electron chi connectivity index (χ3n) is 4.25. The van der Waals surface area contributed by atoms with Crippen LogP contribution in [0.3, 0.4) is 0 Å². The van der Waals surface area contributed by atoms with E-state index in [0.717, 1.165) is 5.69 Å².